The van der Waals surface area contributed by atoms with E-state index in [9.17, 15) is 4.79 Å². The Kier molecular flexibility index (Phi) is 8.89. The van der Waals surface area contributed by atoms with Gasteiger partial charge in [-0.05, 0) is 43.6 Å². The topological polar surface area (TPSA) is 48.1 Å². The predicted octanol–water partition coefficient (Wildman–Crippen LogP) is 3.34. The lowest BCUT2D eigenvalue weighted by Gasteiger charge is -2.42. The molecule has 2 saturated heterocycles. The van der Waals surface area contributed by atoms with Crippen LogP contribution in [0.4, 0.5) is 5.69 Å². The van der Waals surface area contributed by atoms with Crippen LogP contribution in [0.2, 0.25) is 0 Å². The number of methoxy groups -OCH3 is 1. The Balaban J connectivity index is 1.31. The number of anilines is 1. The standard InChI is InChI=1S/C27H38N4O2/c1-33-21-20-29-16-18-31(19-17-29)26(23-8-4-2-5-9-23)22-30-14-12-24(13-15-30)27(32)28-25-10-6-3-7-11-25/h2-11,24,26H,12-22H2,1H3,(H,28,32). The van der Waals surface area contributed by atoms with Gasteiger partial charge < -0.3 is 15.0 Å². The summed E-state index contributed by atoms with van der Waals surface area (Å²) in [6.07, 6.45) is 1.84. The number of benzene rings is 2. The Labute approximate surface area is 198 Å². The number of hydrogen-bond acceptors (Lipinski definition) is 5. The molecule has 2 aliphatic rings. The van der Waals surface area contributed by atoms with E-state index in [0.717, 1.165) is 77.5 Å². The van der Waals surface area contributed by atoms with Crippen LogP contribution in [0.1, 0.15) is 24.4 Å². The van der Waals surface area contributed by atoms with Crippen molar-refractivity contribution in [2.24, 2.45) is 5.92 Å². The molecule has 2 heterocycles. The van der Waals surface area contributed by atoms with E-state index in [1.807, 2.05) is 30.3 Å². The number of likely N-dealkylation sites (tertiary alicyclic amines) is 1. The molecule has 0 aliphatic carbocycles. The molecule has 1 amide bonds. The third-order valence-electron chi connectivity index (χ3n) is 7.07. The summed E-state index contributed by atoms with van der Waals surface area (Å²) in [4.78, 5) is 20.4. The van der Waals surface area contributed by atoms with Crippen molar-refractivity contribution in [3.05, 3.63) is 66.2 Å². The largest absolute Gasteiger partial charge is 0.383 e. The molecule has 2 aromatic carbocycles. The fourth-order valence-electron chi connectivity index (χ4n) is 5.01. The second-order valence-corrected chi connectivity index (χ2v) is 9.23. The van der Waals surface area contributed by atoms with Crippen LogP contribution < -0.4 is 5.32 Å². The molecule has 0 bridgehead atoms. The van der Waals surface area contributed by atoms with Crippen LogP contribution in [0.3, 0.4) is 0 Å². The molecule has 2 aromatic rings. The minimum absolute atomic E-state index is 0.0981. The van der Waals surface area contributed by atoms with Crippen molar-refractivity contribution in [3.8, 4) is 0 Å². The molecule has 1 N–H and O–H groups in total. The first-order valence-corrected chi connectivity index (χ1v) is 12.3. The fourth-order valence-corrected chi connectivity index (χ4v) is 5.01. The third-order valence-corrected chi connectivity index (χ3v) is 7.07. The predicted molar refractivity (Wildman–Crippen MR) is 133 cm³/mol. The summed E-state index contributed by atoms with van der Waals surface area (Å²) in [6, 6.07) is 21.1. The number of piperazine rings is 1. The van der Waals surface area contributed by atoms with Gasteiger partial charge in [-0.15, -0.1) is 0 Å². The Morgan fingerprint density at radius 3 is 2.18 bits per heavy atom. The monoisotopic (exact) mass is 450 g/mol. The first-order valence-electron chi connectivity index (χ1n) is 12.3. The Morgan fingerprint density at radius 1 is 0.909 bits per heavy atom. The number of carbonyl (C=O) groups is 1. The summed E-state index contributed by atoms with van der Waals surface area (Å²) in [5, 5.41) is 3.08. The lowest BCUT2D eigenvalue weighted by atomic mass is 9.94. The quantitative estimate of drug-likeness (QED) is 0.635. The number of amides is 1. The minimum atomic E-state index is 0.0981. The number of rotatable bonds is 9. The van der Waals surface area contributed by atoms with Crippen molar-refractivity contribution >= 4 is 11.6 Å². The van der Waals surface area contributed by atoms with Gasteiger partial charge in [0.2, 0.25) is 5.91 Å². The van der Waals surface area contributed by atoms with Crippen LogP contribution in [-0.2, 0) is 9.53 Å². The summed E-state index contributed by atoms with van der Waals surface area (Å²) < 4.78 is 5.26. The second-order valence-electron chi connectivity index (χ2n) is 9.23. The molecule has 6 heteroatoms. The number of ether oxygens (including phenoxy) is 1. The van der Waals surface area contributed by atoms with E-state index in [4.69, 9.17) is 4.74 Å². The van der Waals surface area contributed by atoms with E-state index in [-0.39, 0.29) is 11.8 Å². The van der Waals surface area contributed by atoms with Gasteiger partial charge in [-0.3, -0.25) is 14.6 Å². The van der Waals surface area contributed by atoms with Crippen molar-refractivity contribution in [2.75, 3.05) is 71.4 Å². The summed E-state index contributed by atoms with van der Waals surface area (Å²) in [7, 11) is 1.77. The normalized spacial score (nSPS) is 19.9. The van der Waals surface area contributed by atoms with Crippen molar-refractivity contribution in [3.63, 3.8) is 0 Å². The van der Waals surface area contributed by atoms with Crippen LogP contribution in [0.5, 0.6) is 0 Å². The van der Waals surface area contributed by atoms with Crippen LogP contribution in [0.15, 0.2) is 60.7 Å². The Bertz CT molecular complexity index is 832. The highest BCUT2D eigenvalue weighted by molar-refractivity contribution is 5.92. The molecule has 0 radical (unpaired) electrons. The van der Waals surface area contributed by atoms with Gasteiger partial charge in [0.25, 0.3) is 0 Å². The Morgan fingerprint density at radius 2 is 1.55 bits per heavy atom. The zero-order chi connectivity index (χ0) is 22.9. The lowest BCUT2D eigenvalue weighted by Crippen LogP contribution is -2.51. The number of carbonyl (C=O) groups excluding carboxylic acids is 1. The molecule has 6 nitrogen and oxygen atoms in total. The number of hydrogen-bond donors (Lipinski definition) is 1. The maximum atomic E-state index is 12.7. The molecular formula is C27H38N4O2. The summed E-state index contributed by atoms with van der Waals surface area (Å²) in [5.74, 6) is 0.258. The van der Waals surface area contributed by atoms with Crippen LogP contribution >= 0.6 is 0 Å². The molecular weight excluding hydrogens is 412 g/mol. The fraction of sp³-hybridized carbons (Fsp3) is 0.519. The molecule has 4 rings (SSSR count). The van der Waals surface area contributed by atoms with E-state index in [1.54, 1.807) is 7.11 Å². The number of piperidine rings is 1. The van der Waals surface area contributed by atoms with Crippen molar-refractivity contribution < 1.29 is 9.53 Å². The summed E-state index contributed by atoms with van der Waals surface area (Å²) >= 11 is 0. The second kappa shape index (κ2) is 12.3. The van der Waals surface area contributed by atoms with Crippen molar-refractivity contribution in [2.45, 2.75) is 18.9 Å². The molecule has 2 aliphatic heterocycles. The zero-order valence-electron chi connectivity index (χ0n) is 19.9. The highest BCUT2D eigenvalue weighted by Crippen LogP contribution is 2.26. The summed E-state index contributed by atoms with van der Waals surface area (Å²) in [6.45, 7) is 9.14. The lowest BCUT2D eigenvalue weighted by molar-refractivity contribution is -0.121. The summed E-state index contributed by atoms with van der Waals surface area (Å²) in [5.41, 5.74) is 2.28. The third kappa shape index (κ3) is 6.87. The van der Waals surface area contributed by atoms with Gasteiger partial charge in [0.15, 0.2) is 0 Å². The molecule has 0 aromatic heterocycles. The molecule has 178 valence electrons. The average molecular weight is 451 g/mol. The van der Waals surface area contributed by atoms with Crippen molar-refractivity contribution in [1.29, 1.82) is 0 Å². The highest BCUT2D eigenvalue weighted by atomic mass is 16.5. The maximum Gasteiger partial charge on any atom is 0.227 e. The number of nitrogens with one attached hydrogen (secondary N) is 1. The molecule has 1 unspecified atom stereocenters. The van der Waals surface area contributed by atoms with E-state index < -0.39 is 0 Å². The van der Waals surface area contributed by atoms with Crippen molar-refractivity contribution in [1.82, 2.24) is 14.7 Å². The van der Waals surface area contributed by atoms with Gasteiger partial charge in [0.05, 0.1) is 6.61 Å². The molecule has 33 heavy (non-hydrogen) atoms. The van der Waals surface area contributed by atoms with Crippen LogP contribution in [-0.4, -0.2) is 86.7 Å². The maximum absolute atomic E-state index is 12.7. The van der Waals surface area contributed by atoms with Gasteiger partial charge in [0, 0.05) is 64.0 Å². The van der Waals surface area contributed by atoms with Crippen LogP contribution in [0, 0.1) is 5.92 Å². The first-order chi connectivity index (χ1) is 16.2. The zero-order valence-corrected chi connectivity index (χ0v) is 19.9. The van der Waals surface area contributed by atoms with Crippen LogP contribution in [0.25, 0.3) is 0 Å². The molecule has 0 spiro atoms. The van der Waals surface area contributed by atoms with E-state index >= 15 is 0 Å². The SMILES string of the molecule is COCCN1CCN(C(CN2CCC(C(=O)Nc3ccccc3)CC2)c2ccccc2)CC1. The molecule has 0 saturated carbocycles. The Hall–Kier alpha value is -2.25. The van der Waals surface area contributed by atoms with E-state index in [2.05, 4.69) is 50.3 Å². The van der Waals surface area contributed by atoms with Gasteiger partial charge in [-0.25, -0.2) is 0 Å². The van der Waals surface area contributed by atoms with Gasteiger partial charge in [-0.2, -0.15) is 0 Å². The minimum Gasteiger partial charge on any atom is -0.383 e. The average Bonchev–Trinajstić information content (AvgIpc) is 2.88. The van der Waals surface area contributed by atoms with Gasteiger partial charge >= 0.3 is 0 Å². The van der Waals surface area contributed by atoms with E-state index in [1.165, 1.54) is 5.56 Å². The van der Waals surface area contributed by atoms with Gasteiger partial charge in [-0.1, -0.05) is 48.5 Å². The van der Waals surface area contributed by atoms with E-state index in [0.29, 0.717) is 6.04 Å². The highest BCUT2D eigenvalue weighted by Gasteiger charge is 2.30. The smallest absolute Gasteiger partial charge is 0.227 e. The first kappa shape index (κ1) is 23.9. The molecule has 1 atom stereocenters. The molecule has 2 fully saturated rings. The van der Waals surface area contributed by atoms with Gasteiger partial charge in [0.1, 0.15) is 0 Å². The number of para-hydroxylation sites is 1. The number of nitrogens with zero attached hydrogens (tertiary/aromatic N) is 3.